The molecule has 132 valence electrons. The first-order chi connectivity index (χ1) is 11.0. The summed E-state index contributed by atoms with van der Waals surface area (Å²) in [7, 11) is 3.78. The molecule has 1 rings (SSSR count). The molecule has 0 saturated heterocycles. The summed E-state index contributed by atoms with van der Waals surface area (Å²) >= 11 is 1.65. The van der Waals surface area contributed by atoms with Crippen molar-refractivity contribution in [1.82, 2.24) is 15.2 Å². The van der Waals surface area contributed by atoms with Gasteiger partial charge in [0.15, 0.2) is 5.96 Å². The molecule has 0 aromatic carbocycles. The third-order valence-electron chi connectivity index (χ3n) is 4.02. The second-order valence-corrected chi connectivity index (χ2v) is 6.68. The highest BCUT2D eigenvalue weighted by molar-refractivity contribution is 7.09. The molecule has 1 atom stereocenters. The molecule has 1 aromatic heterocycles. The molecule has 1 aromatic rings. The molecule has 0 amide bonds. The largest absolute Gasteiger partial charge is 0.375 e. The van der Waals surface area contributed by atoms with Crippen molar-refractivity contribution in [2.45, 2.75) is 53.2 Å². The van der Waals surface area contributed by atoms with Gasteiger partial charge >= 0.3 is 0 Å². The van der Waals surface area contributed by atoms with Crippen LogP contribution in [-0.4, -0.2) is 43.1 Å². The summed E-state index contributed by atoms with van der Waals surface area (Å²) < 4.78 is 5.33. The zero-order valence-corrected chi connectivity index (χ0v) is 16.2. The average molecular weight is 341 g/mol. The molecule has 0 aliphatic carbocycles. The molecule has 0 radical (unpaired) electrons. The topological polar surface area (TPSA) is 49.8 Å². The van der Waals surface area contributed by atoms with Gasteiger partial charge in [0.2, 0.25) is 0 Å². The van der Waals surface area contributed by atoms with Crippen molar-refractivity contribution in [2.24, 2.45) is 10.9 Å². The Balaban J connectivity index is 2.71. The number of rotatable bonds is 9. The first-order valence-electron chi connectivity index (χ1n) is 8.52. The van der Waals surface area contributed by atoms with Crippen molar-refractivity contribution in [3.63, 3.8) is 0 Å². The highest BCUT2D eigenvalue weighted by atomic mass is 32.1. The Bertz CT molecular complexity index is 471. The van der Waals surface area contributed by atoms with E-state index in [0.717, 1.165) is 36.3 Å². The van der Waals surface area contributed by atoms with Crippen molar-refractivity contribution in [3.8, 4) is 0 Å². The van der Waals surface area contributed by atoms with Crippen LogP contribution in [0.2, 0.25) is 0 Å². The minimum atomic E-state index is 0.0517. The normalized spacial score (nSPS) is 13.4. The van der Waals surface area contributed by atoms with Gasteiger partial charge in [-0.3, -0.25) is 4.99 Å². The molecule has 1 heterocycles. The molecule has 0 bridgehead atoms. The number of methoxy groups -OCH3 is 1. The predicted octanol–water partition coefficient (Wildman–Crippen LogP) is 3.68. The lowest BCUT2D eigenvalue weighted by Gasteiger charge is -2.22. The third kappa shape index (κ3) is 6.47. The average Bonchev–Trinajstić information content (AvgIpc) is 3.02. The van der Waals surface area contributed by atoms with Crippen LogP contribution in [0.5, 0.6) is 0 Å². The maximum Gasteiger partial charge on any atom is 0.194 e. The molecule has 23 heavy (non-hydrogen) atoms. The maximum absolute atomic E-state index is 5.33. The highest BCUT2D eigenvalue weighted by Gasteiger charge is 2.13. The molecule has 5 nitrogen and oxygen atoms in total. The lowest BCUT2D eigenvalue weighted by atomic mass is 10.0. The molecule has 0 spiro atoms. The van der Waals surface area contributed by atoms with Crippen LogP contribution >= 0.6 is 11.3 Å². The van der Waals surface area contributed by atoms with Gasteiger partial charge in [0.1, 0.15) is 11.1 Å². The summed E-state index contributed by atoms with van der Waals surface area (Å²) in [5.74, 6) is 1.61. The zero-order valence-electron chi connectivity index (χ0n) is 15.4. The number of thiazole rings is 1. The predicted molar refractivity (Wildman–Crippen MR) is 99.1 cm³/mol. The Hall–Kier alpha value is -1.14. The maximum atomic E-state index is 5.33. The van der Waals surface area contributed by atoms with E-state index < -0.39 is 0 Å². The molecular weight excluding hydrogens is 308 g/mol. The smallest absolute Gasteiger partial charge is 0.194 e. The number of guanidine groups is 1. The fourth-order valence-corrected chi connectivity index (χ4v) is 3.07. The van der Waals surface area contributed by atoms with Gasteiger partial charge in [-0.1, -0.05) is 26.7 Å². The Kier molecular flexibility index (Phi) is 9.17. The van der Waals surface area contributed by atoms with Crippen LogP contribution in [0.25, 0.3) is 0 Å². The van der Waals surface area contributed by atoms with Gasteiger partial charge in [0.25, 0.3) is 0 Å². The van der Waals surface area contributed by atoms with Crippen LogP contribution in [0.3, 0.4) is 0 Å². The van der Waals surface area contributed by atoms with Crippen LogP contribution in [0.4, 0.5) is 0 Å². The van der Waals surface area contributed by atoms with Gasteiger partial charge in [-0.2, -0.15) is 0 Å². The molecular formula is C17H32N4OS. The minimum Gasteiger partial charge on any atom is -0.375 e. The minimum absolute atomic E-state index is 0.0517. The summed E-state index contributed by atoms with van der Waals surface area (Å²) in [6, 6.07) is 0. The van der Waals surface area contributed by atoms with Gasteiger partial charge in [0, 0.05) is 32.6 Å². The fourth-order valence-electron chi connectivity index (χ4n) is 2.23. The van der Waals surface area contributed by atoms with Gasteiger partial charge in [-0.25, -0.2) is 4.98 Å². The van der Waals surface area contributed by atoms with E-state index in [0.29, 0.717) is 5.92 Å². The molecule has 0 fully saturated rings. The van der Waals surface area contributed by atoms with E-state index in [1.54, 1.807) is 18.4 Å². The number of nitrogens with one attached hydrogen (secondary N) is 1. The highest BCUT2D eigenvalue weighted by Crippen LogP contribution is 2.21. The summed E-state index contributed by atoms with van der Waals surface area (Å²) in [5.41, 5.74) is 1.06. The van der Waals surface area contributed by atoms with E-state index in [9.17, 15) is 0 Å². The van der Waals surface area contributed by atoms with E-state index >= 15 is 0 Å². The number of hydrogen-bond donors (Lipinski definition) is 1. The number of nitrogens with zero attached hydrogens (tertiary/aromatic N) is 3. The molecule has 1 unspecified atom stereocenters. The first-order valence-corrected chi connectivity index (χ1v) is 9.40. The van der Waals surface area contributed by atoms with Crippen LogP contribution < -0.4 is 5.32 Å². The lowest BCUT2D eigenvalue weighted by Crippen LogP contribution is -2.38. The summed E-state index contributed by atoms with van der Waals surface area (Å²) in [5, 5.41) is 6.50. The molecule has 0 aliphatic rings. The fraction of sp³-hybridized carbons (Fsp3) is 0.765. The van der Waals surface area contributed by atoms with Gasteiger partial charge in [-0.05, 0) is 19.8 Å². The van der Waals surface area contributed by atoms with Gasteiger partial charge in [-0.15, -0.1) is 11.3 Å². The Morgan fingerprint density at radius 3 is 2.65 bits per heavy atom. The van der Waals surface area contributed by atoms with Gasteiger partial charge < -0.3 is 15.0 Å². The Morgan fingerprint density at radius 2 is 2.09 bits per heavy atom. The number of aliphatic imine (C=N–C) groups is 1. The van der Waals surface area contributed by atoms with E-state index in [4.69, 9.17) is 9.73 Å². The molecule has 1 N–H and O–H groups in total. The SMILES string of the molecule is CCNC(=NCC(CC)CC)N(C)Cc1csc(C(C)OC)n1. The summed E-state index contributed by atoms with van der Waals surface area (Å²) in [6.45, 7) is 11.1. The van der Waals surface area contributed by atoms with Crippen molar-refractivity contribution in [1.29, 1.82) is 0 Å². The van der Waals surface area contributed by atoms with Crippen molar-refractivity contribution in [2.75, 3.05) is 27.2 Å². The van der Waals surface area contributed by atoms with Gasteiger partial charge in [0.05, 0.1) is 12.2 Å². The van der Waals surface area contributed by atoms with Crippen molar-refractivity contribution < 1.29 is 4.74 Å². The summed E-state index contributed by atoms with van der Waals surface area (Å²) in [6.07, 6.45) is 2.40. The van der Waals surface area contributed by atoms with Crippen LogP contribution in [0.15, 0.2) is 10.4 Å². The Labute approximate surface area is 145 Å². The molecule has 6 heteroatoms. The van der Waals surface area contributed by atoms with Crippen LogP contribution in [0.1, 0.15) is 57.3 Å². The van der Waals surface area contributed by atoms with Crippen molar-refractivity contribution >= 4 is 17.3 Å². The molecule has 0 aliphatic heterocycles. The number of hydrogen-bond acceptors (Lipinski definition) is 4. The quantitative estimate of drug-likeness (QED) is 0.550. The second-order valence-electron chi connectivity index (χ2n) is 5.79. The summed E-state index contributed by atoms with van der Waals surface area (Å²) in [4.78, 5) is 11.6. The lowest BCUT2D eigenvalue weighted by molar-refractivity contribution is 0.119. The molecule has 0 saturated carbocycles. The number of ether oxygens (including phenoxy) is 1. The standard InChI is InChI=1S/C17H32N4OS/c1-7-14(8-2)10-19-17(18-9-3)21(5)11-15-12-23-16(20-15)13(4)22-6/h12-14H,7-11H2,1-6H3,(H,18,19). The van der Waals surface area contributed by atoms with Crippen LogP contribution in [0, 0.1) is 5.92 Å². The first kappa shape index (κ1) is 19.9. The van der Waals surface area contributed by atoms with E-state index in [1.165, 1.54) is 12.8 Å². The monoisotopic (exact) mass is 340 g/mol. The van der Waals surface area contributed by atoms with E-state index in [2.05, 4.69) is 48.4 Å². The van der Waals surface area contributed by atoms with E-state index in [-0.39, 0.29) is 6.10 Å². The van der Waals surface area contributed by atoms with Crippen LogP contribution in [-0.2, 0) is 11.3 Å². The number of aromatic nitrogens is 1. The second kappa shape index (κ2) is 10.6. The van der Waals surface area contributed by atoms with E-state index in [1.807, 2.05) is 6.92 Å². The van der Waals surface area contributed by atoms with Crippen molar-refractivity contribution in [3.05, 3.63) is 16.1 Å². The Morgan fingerprint density at radius 1 is 1.39 bits per heavy atom. The third-order valence-corrected chi connectivity index (χ3v) is 5.08. The zero-order chi connectivity index (χ0) is 17.2.